The highest BCUT2D eigenvalue weighted by atomic mass is 31.2. The molecule has 17 heteroatoms. The van der Waals surface area contributed by atoms with Gasteiger partial charge in [-0.1, -0.05) is 84.0 Å². The number of hydrogen-bond donors (Lipinski definition) is 4. The molecule has 1 aliphatic rings. The summed E-state index contributed by atoms with van der Waals surface area (Å²) in [6, 6.07) is 25.2. The van der Waals surface area contributed by atoms with Crippen molar-refractivity contribution < 1.29 is 38.1 Å². The smallest absolute Gasteiger partial charge is 0.459 e. The molecule has 6 atom stereocenters. The van der Waals surface area contributed by atoms with E-state index in [2.05, 4.69) is 15.1 Å². The lowest BCUT2D eigenvalue weighted by Crippen LogP contribution is -2.46. The summed E-state index contributed by atoms with van der Waals surface area (Å²) in [5, 5.41) is 28.0. The van der Waals surface area contributed by atoms with Crippen molar-refractivity contribution in [3.8, 4) is 5.75 Å². The van der Waals surface area contributed by atoms with Crippen molar-refractivity contribution in [1.82, 2.24) is 14.6 Å². The van der Waals surface area contributed by atoms with Crippen molar-refractivity contribution in [2.45, 2.75) is 43.2 Å². The van der Waals surface area contributed by atoms with Gasteiger partial charge in [-0.05, 0) is 35.2 Å². The highest BCUT2D eigenvalue weighted by Crippen LogP contribution is 2.48. The van der Waals surface area contributed by atoms with Gasteiger partial charge in [0.15, 0.2) is 6.23 Å². The standard InChI is InChI=1S/C31H31N6O10P/c32-36-35-31(27(40)26(39)28(46-31)37-17-16-25(38)33-30(37)42)20-45-48(43,47-23-14-8-3-9-15-23)34-24(18-21-10-4-1-5-11-21)29(41)44-19-22-12-6-2-7-13-22/h1-17,24,26-28,39-40H,18-20H2,(H,34,43)(H,33,38,42)/t24-,26-,27+,28+,31?,48?/m0/s1. The van der Waals surface area contributed by atoms with Crippen LogP contribution in [0.4, 0.5) is 0 Å². The normalized spacial score (nSPS) is 22.2. The van der Waals surface area contributed by atoms with Crippen molar-refractivity contribution in [2.75, 3.05) is 6.61 Å². The Kier molecular flexibility index (Phi) is 10.9. The van der Waals surface area contributed by atoms with Crippen molar-refractivity contribution in [1.29, 1.82) is 0 Å². The molecule has 1 saturated heterocycles. The fourth-order valence-corrected chi connectivity index (χ4v) is 6.38. The fourth-order valence-electron chi connectivity index (χ4n) is 4.87. The van der Waals surface area contributed by atoms with E-state index in [0.717, 1.165) is 16.8 Å². The molecule has 0 saturated carbocycles. The Bertz CT molecular complexity index is 1910. The number of benzene rings is 3. The molecule has 0 radical (unpaired) electrons. The van der Waals surface area contributed by atoms with Gasteiger partial charge in [-0.2, -0.15) is 5.09 Å². The Labute approximate surface area is 272 Å². The second-order valence-electron chi connectivity index (χ2n) is 10.6. The molecule has 0 amide bonds. The summed E-state index contributed by atoms with van der Waals surface area (Å²) in [5.41, 5.74) is 6.58. The number of H-pyrrole nitrogens is 1. The van der Waals surface area contributed by atoms with Gasteiger partial charge in [-0.15, -0.1) is 0 Å². The lowest BCUT2D eigenvalue weighted by molar-refractivity contribution is -0.147. The third-order valence-corrected chi connectivity index (χ3v) is 8.81. The minimum Gasteiger partial charge on any atom is -0.460 e. The molecule has 1 aliphatic heterocycles. The van der Waals surface area contributed by atoms with E-state index in [1.165, 1.54) is 12.1 Å². The van der Waals surface area contributed by atoms with E-state index in [0.29, 0.717) is 11.1 Å². The van der Waals surface area contributed by atoms with Crippen molar-refractivity contribution in [3.05, 3.63) is 146 Å². The van der Waals surface area contributed by atoms with Crippen LogP contribution in [0.1, 0.15) is 17.4 Å². The van der Waals surface area contributed by atoms with Crippen LogP contribution < -0.4 is 20.9 Å². The monoisotopic (exact) mass is 678 g/mol. The van der Waals surface area contributed by atoms with Crippen LogP contribution in [0.2, 0.25) is 0 Å². The average molecular weight is 679 g/mol. The van der Waals surface area contributed by atoms with Crippen molar-refractivity contribution >= 4 is 13.7 Å². The largest absolute Gasteiger partial charge is 0.460 e. The van der Waals surface area contributed by atoms with E-state index in [-0.39, 0.29) is 18.8 Å². The molecule has 2 unspecified atom stereocenters. The first-order valence-corrected chi connectivity index (χ1v) is 16.1. The number of aromatic nitrogens is 2. The minimum absolute atomic E-state index is 0.0174. The van der Waals surface area contributed by atoms with Gasteiger partial charge in [-0.3, -0.25) is 23.7 Å². The van der Waals surface area contributed by atoms with Crippen LogP contribution >= 0.6 is 7.75 Å². The van der Waals surface area contributed by atoms with E-state index in [1.807, 2.05) is 11.1 Å². The number of nitrogens with zero attached hydrogens (tertiary/aromatic N) is 4. The van der Waals surface area contributed by atoms with Gasteiger partial charge in [0.05, 0.1) is 6.61 Å². The molecule has 4 aromatic rings. The third kappa shape index (κ3) is 8.26. The highest BCUT2D eigenvalue weighted by Gasteiger charge is 2.56. The molecule has 0 aliphatic carbocycles. The maximum atomic E-state index is 14.5. The first-order chi connectivity index (χ1) is 23.1. The van der Waals surface area contributed by atoms with E-state index < -0.39 is 61.8 Å². The second-order valence-corrected chi connectivity index (χ2v) is 12.3. The molecule has 0 spiro atoms. The summed E-state index contributed by atoms with van der Waals surface area (Å²) in [7, 11) is -4.68. The summed E-state index contributed by atoms with van der Waals surface area (Å²) < 4.78 is 38.0. The molecule has 0 bridgehead atoms. The van der Waals surface area contributed by atoms with Gasteiger partial charge >= 0.3 is 19.4 Å². The number of esters is 1. The molecular weight excluding hydrogens is 647 g/mol. The lowest BCUT2D eigenvalue weighted by atomic mass is 10.1. The molecule has 1 fully saturated rings. The van der Waals surface area contributed by atoms with Crippen LogP contribution in [0.5, 0.6) is 5.75 Å². The maximum absolute atomic E-state index is 14.5. The zero-order chi connectivity index (χ0) is 34.1. The number of nitrogens with one attached hydrogen (secondary N) is 2. The first kappa shape index (κ1) is 34.3. The van der Waals surface area contributed by atoms with Gasteiger partial charge in [0.25, 0.3) is 5.56 Å². The first-order valence-electron chi connectivity index (χ1n) is 14.5. The van der Waals surface area contributed by atoms with E-state index in [9.17, 15) is 34.7 Å². The summed E-state index contributed by atoms with van der Waals surface area (Å²) in [5.74, 6) is -0.731. The van der Waals surface area contributed by atoms with E-state index in [4.69, 9.17) is 18.5 Å². The number of rotatable bonds is 14. The van der Waals surface area contributed by atoms with Crippen LogP contribution in [0, 0.1) is 0 Å². The Hall–Kier alpha value is -5.05. The lowest BCUT2D eigenvalue weighted by Gasteiger charge is -2.30. The van der Waals surface area contributed by atoms with Crippen LogP contribution in [0.3, 0.4) is 0 Å². The van der Waals surface area contributed by atoms with E-state index >= 15 is 0 Å². The second kappa shape index (κ2) is 15.2. The number of aromatic amines is 1. The fraction of sp³-hybridized carbons (Fsp3) is 0.258. The van der Waals surface area contributed by atoms with Crippen molar-refractivity contribution in [3.63, 3.8) is 0 Å². The van der Waals surface area contributed by atoms with E-state index in [1.54, 1.807) is 72.8 Å². The molecular formula is C31H31N6O10P. The SMILES string of the molecule is [N-]=[N+]=NC1(COP(=O)(N[C@@H](Cc2ccccc2)C(=O)OCc2ccccc2)Oc2ccccc2)O[C@@H](n2ccc(=O)[nH]c2=O)[C@@H](O)[C@H]1O. The number of carbonyl (C=O) groups excluding carboxylic acids is 1. The number of para-hydroxylation sites is 1. The molecule has 250 valence electrons. The van der Waals surface area contributed by atoms with Gasteiger partial charge in [-0.25, -0.2) is 9.36 Å². The molecule has 1 aromatic heterocycles. The van der Waals surface area contributed by atoms with Gasteiger partial charge in [0.1, 0.15) is 30.6 Å². The molecule has 48 heavy (non-hydrogen) atoms. The minimum atomic E-state index is -4.68. The third-order valence-electron chi connectivity index (χ3n) is 7.26. The summed E-state index contributed by atoms with van der Waals surface area (Å²) in [6.07, 6.45) is -4.59. The van der Waals surface area contributed by atoms with Crippen molar-refractivity contribution in [2.24, 2.45) is 5.11 Å². The molecule has 5 rings (SSSR count). The van der Waals surface area contributed by atoms with Gasteiger partial charge < -0.3 is 24.2 Å². The number of ether oxygens (including phenoxy) is 2. The van der Waals surface area contributed by atoms with Gasteiger partial charge in [0.2, 0.25) is 5.72 Å². The number of azide groups is 1. The number of aliphatic hydroxyl groups excluding tert-OH is 2. The molecule has 16 nitrogen and oxygen atoms in total. The quantitative estimate of drug-likeness (QED) is 0.0498. The Morgan fingerprint density at radius 2 is 1.65 bits per heavy atom. The zero-order valence-electron chi connectivity index (χ0n) is 25.1. The zero-order valence-corrected chi connectivity index (χ0v) is 26.0. The van der Waals surface area contributed by atoms with Gasteiger partial charge in [0, 0.05) is 17.2 Å². The molecule has 2 heterocycles. The summed E-state index contributed by atoms with van der Waals surface area (Å²) in [6.45, 7) is -1.08. The van der Waals surface area contributed by atoms with Crippen LogP contribution in [0.15, 0.2) is 118 Å². The summed E-state index contributed by atoms with van der Waals surface area (Å²) in [4.78, 5) is 42.2. The van der Waals surface area contributed by atoms with Crippen LogP contribution in [-0.2, 0) is 36.4 Å². The molecule has 3 aromatic carbocycles. The Morgan fingerprint density at radius 1 is 1.02 bits per heavy atom. The Balaban J connectivity index is 1.45. The maximum Gasteiger partial charge on any atom is 0.459 e. The topological polar surface area (TPSA) is 227 Å². The average Bonchev–Trinajstić information content (AvgIpc) is 3.33. The Morgan fingerprint density at radius 3 is 2.27 bits per heavy atom. The van der Waals surface area contributed by atoms with Crippen LogP contribution in [0.25, 0.3) is 10.4 Å². The number of carbonyl (C=O) groups is 1. The number of aliphatic hydroxyl groups is 2. The highest BCUT2D eigenvalue weighted by molar-refractivity contribution is 7.52. The predicted molar refractivity (Wildman–Crippen MR) is 169 cm³/mol. The summed E-state index contributed by atoms with van der Waals surface area (Å²) >= 11 is 0. The number of hydrogen-bond acceptors (Lipinski definition) is 11. The predicted octanol–water partition coefficient (Wildman–Crippen LogP) is 2.94. The molecule has 4 N–H and O–H groups in total. The van der Waals surface area contributed by atoms with Crippen LogP contribution in [-0.4, -0.2) is 56.3 Å².